The predicted molar refractivity (Wildman–Crippen MR) is 231 cm³/mol. The number of hydrogen-bond acceptors (Lipinski definition) is 5. The lowest BCUT2D eigenvalue weighted by Gasteiger charge is -2.61. The smallest absolute Gasteiger partial charge is 0.164 e. The number of nitrogens with zero attached hydrogens (tertiary/aromatic N) is 3. The van der Waals surface area contributed by atoms with E-state index in [2.05, 4.69) is 91.0 Å². The van der Waals surface area contributed by atoms with Crippen molar-refractivity contribution in [1.29, 1.82) is 0 Å². The average molecular weight is 748 g/mol. The Hall–Kier alpha value is -6.59. The molecule has 0 N–H and O–H groups in total. The van der Waals surface area contributed by atoms with E-state index in [1.165, 1.54) is 59.6 Å². The molecule has 5 heteroatoms. The van der Waals surface area contributed by atoms with E-state index in [0.717, 1.165) is 72.4 Å². The summed E-state index contributed by atoms with van der Waals surface area (Å²) in [6, 6.07) is 49.9. The van der Waals surface area contributed by atoms with Gasteiger partial charge in [0.25, 0.3) is 0 Å². The fourth-order valence-corrected chi connectivity index (χ4v) is 12.8. The Bertz CT molecular complexity index is 3230. The maximum atomic E-state index is 6.38. The first kappa shape index (κ1) is 31.5. The van der Waals surface area contributed by atoms with Gasteiger partial charge in [0.05, 0.1) is 0 Å². The molecular weight excluding hydrogens is 711 g/mol. The SMILES string of the molecule is c1ccc2c3c(ccc2c1)-c1ccc(-c2nc(-c4cccc5oc6ccccc6c45)nc(-c4cccc5oc6ccccc6c45)n2)cc1C31C2CC3CC(C2)CC1C3. The van der Waals surface area contributed by atoms with Gasteiger partial charge in [0.1, 0.15) is 22.3 Å². The fourth-order valence-electron chi connectivity index (χ4n) is 12.8. The molecule has 5 aliphatic carbocycles. The van der Waals surface area contributed by atoms with Gasteiger partial charge in [-0.05, 0) is 119 Å². The molecule has 4 saturated carbocycles. The molecule has 0 saturated heterocycles. The van der Waals surface area contributed by atoms with E-state index in [4.69, 9.17) is 23.8 Å². The summed E-state index contributed by atoms with van der Waals surface area (Å²) in [6.07, 6.45) is 6.72. The molecule has 5 nitrogen and oxygen atoms in total. The second-order valence-electron chi connectivity index (χ2n) is 17.5. The Kier molecular flexibility index (Phi) is 6.13. The number of benzene rings is 7. The summed E-state index contributed by atoms with van der Waals surface area (Å²) >= 11 is 0. The van der Waals surface area contributed by atoms with Crippen molar-refractivity contribution in [2.45, 2.75) is 37.5 Å². The second-order valence-corrected chi connectivity index (χ2v) is 17.5. The summed E-state index contributed by atoms with van der Waals surface area (Å²) in [6.45, 7) is 0. The Balaban J connectivity index is 1.04. The first-order valence-corrected chi connectivity index (χ1v) is 20.9. The number of rotatable bonds is 3. The van der Waals surface area contributed by atoms with Gasteiger partial charge >= 0.3 is 0 Å². The minimum Gasteiger partial charge on any atom is -0.456 e. The van der Waals surface area contributed by atoms with Crippen LogP contribution in [0, 0.1) is 23.7 Å². The van der Waals surface area contributed by atoms with Gasteiger partial charge in [-0.3, -0.25) is 0 Å². The zero-order valence-corrected chi connectivity index (χ0v) is 31.8. The highest BCUT2D eigenvalue weighted by Gasteiger charge is 2.62. The van der Waals surface area contributed by atoms with Gasteiger partial charge in [0, 0.05) is 43.7 Å². The van der Waals surface area contributed by atoms with Crippen LogP contribution >= 0.6 is 0 Å². The molecule has 1 spiro atoms. The zero-order valence-electron chi connectivity index (χ0n) is 31.8. The van der Waals surface area contributed by atoms with E-state index in [9.17, 15) is 0 Å². The topological polar surface area (TPSA) is 65.0 Å². The molecule has 0 atom stereocenters. The van der Waals surface area contributed by atoms with Crippen molar-refractivity contribution in [3.8, 4) is 45.3 Å². The van der Waals surface area contributed by atoms with Crippen LogP contribution in [0.4, 0.5) is 0 Å². The maximum absolute atomic E-state index is 6.38. The third-order valence-electron chi connectivity index (χ3n) is 14.7. The third kappa shape index (κ3) is 4.08. The number of para-hydroxylation sites is 2. The van der Waals surface area contributed by atoms with Crippen LogP contribution in [0.2, 0.25) is 0 Å². The summed E-state index contributed by atoms with van der Waals surface area (Å²) in [5, 5.41) is 6.89. The quantitative estimate of drug-likeness (QED) is 0.180. The minimum atomic E-state index is -0.0176. The highest BCUT2D eigenvalue weighted by Crippen LogP contribution is 2.70. The lowest BCUT2D eigenvalue weighted by molar-refractivity contribution is -0.0393. The monoisotopic (exact) mass is 747 g/mol. The Morgan fingerprint density at radius 2 is 0.966 bits per heavy atom. The predicted octanol–water partition coefficient (Wildman–Crippen LogP) is 13.5. The summed E-state index contributed by atoms with van der Waals surface area (Å²) in [5.41, 5.74) is 12.1. The molecule has 7 aromatic carbocycles. The molecule has 4 bridgehead atoms. The first-order chi connectivity index (χ1) is 28.7. The number of aromatic nitrogens is 3. The number of fused-ring (bicyclic) bond motifs is 11. The standard InChI is InChI=1S/C53H37N3O2/c1-2-10-35-31(9-1)19-22-37-36-21-20-32(28-42(36)53(49(35)37)33-24-29-23-30(26-33)27-34(53)25-29)50-54-51(40-13-7-17-45-47(40)38-11-3-5-15-43(38)57-45)56-52(55-50)41-14-8-18-46-48(41)39-12-4-6-16-44(39)58-46/h1-22,28-30,33-34H,23-27H2. The van der Waals surface area contributed by atoms with Crippen molar-refractivity contribution in [3.63, 3.8) is 0 Å². The van der Waals surface area contributed by atoms with E-state index in [1.807, 2.05) is 48.5 Å². The Morgan fingerprint density at radius 1 is 0.431 bits per heavy atom. The molecule has 276 valence electrons. The van der Waals surface area contributed by atoms with Crippen LogP contribution in [0.1, 0.15) is 43.2 Å². The molecule has 15 rings (SSSR count). The zero-order chi connectivity index (χ0) is 37.7. The lowest BCUT2D eigenvalue weighted by atomic mass is 9.43. The van der Waals surface area contributed by atoms with Gasteiger partial charge in [-0.1, -0.05) is 109 Å². The average Bonchev–Trinajstić information content (AvgIpc) is 3.93. The molecule has 4 fully saturated rings. The van der Waals surface area contributed by atoms with Crippen LogP contribution < -0.4 is 0 Å². The van der Waals surface area contributed by atoms with Gasteiger partial charge in [0.2, 0.25) is 0 Å². The molecule has 0 aliphatic heterocycles. The Morgan fingerprint density at radius 3 is 1.60 bits per heavy atom. The van der Waals surface area contributed by atoms with Gasteiger partial charge in [0.15, 0.2) is 17.5 Å². The summed E-state index contributed by atoms with van der Waals surface area (Å²) < 4.78 is 12.8. The lowest BCUT2D eigenvalue weighted by Crippen LogP contribution is -2.55. The molecule has 3 heterocycles. The normalized spacial score (nSPS) is 22.9. The van der Waals surface area contributed by atoms with Gasteiger partial charge in [-0.15, -0.1) is 0 Å². The van der Waals surface area contributed by atoms with E-state index in [1.54, 1.807) is 5.56 Å². The van der Waals surface area contributed by atoms with Crippen LogP contribution in [-0.4, -0.2) is 15.0 Å². The van der Waals surface area contributed by atoms with Crippen molar-refractivity contribution in [3.05, 3.63) is 151 Å². The molecule has 0 unspecified atom stereocenters. The van der Waals surface area contributed by atoms with Crippen LogP contribution in [0.3, 0.4) is 0 Å². The molecule has 58 heavy (non-hydrogen) atoms. The van der Waals surface area contributed by atoms with E-state index in [0.29, 0.717) is 29.3 Å². The third-order valence-corrected chi connectivity index (χ3v) is 14.7. The van der Waals surface area contributed by atoms with Crippen molar-refractivity contribution in [2.75, 3.05) is 0 Å². The highest BCUT2D eigenvalue weighted by atomic mass is 16.3. The van der Waals surface area contributed by atoms with E-state index in [-0.39, 0.29) is 5.41 Å². The highest BCUT2D eigenvalue weighted by molar-refractivity contribution is 6.13. The summed E-state index contributed by atoms with van der Waals surface area (Å²) in [5.74, 6) is 4.91. The minimum absolute atomic E-state index is 0.0176. The number of furan rings is 2. The maximum Gasteiger partial charge on any atom is 0.164 e. The second kappa shape index (κ2) is 11.3. The van der Waals surface area contributed by atoms with Crippen LogP contribution in [0.15, 0.2) is 148 Å². The van der Waals surface area contributed by atoms with Crippen molar-refractivity contribution < 1.29 is 8.83 Å². The van der Waals surface area contributed by atoms with E-state index >= 15 is 0 Å². The first-order valence-electron chi connectivity index (χ1n) is 20.9. The van der Waals surface area contributed by atoms with Crippen LogP contribution in [0.25, 0.3) is 99.9 Å². The van der Waals surface area contributed by atoms with Crippen molar-refractivity contribution >= 4 is 54.6 Å². The van der Waals surface area contributed by atoms with E-state index < -0.39 is 0 Å². The summed E-state index contributed by atoms with van der Waals surface area (Å²) in [4.78, 5) is 16.2. The number of hydrogen-bond donors (Lipinski definition) is 0. The molecule has 3 aromatic heterocycles. The molecule has 0 amide bonds. The largest absolute Gasteiger partial charge is 0.456 e. The van der Waals surface area contributed by atoms with Crippen LogP contribution in [0.5, 0.6) is 0 Å². The van der Waals surface area contributed by atoms with Crippen molar-refractivity contribution in [2.24, 2.45) is 23.7 Å². The molecule has 10 aromatic rings. The van der Waals surface area contributed by atoms with Gasteiger partial charge in [-0.25, -0.2) is 15.0 Å². The van der Waals surface area contributed by atoms with Crippen molar-refractivity contribution in [1.82, 2.24) is 15.0 Å². The summed E-state index contributed by atoms with van der Waals surface area (Å²) in [7, 11) is 0. The Labute approximate surface area is 334 Å². The van der Waals surface area contributed by atoms with Gasteiger partial charge in [-0.2, -0.15) is 0 Å². The van der Waals surface area contributed by atoms with Crippen LogP contribution in [-0.2, 0) is 5.41 Å². The fraction of sp³-hybridized carbons (Fsp3) is 0.189. The molecular formula is C53H37N3O2. The molecule has 0 radical (unpaired) electrons. The molecule has 5 aliphatic rings. The van der Waals surface area contributed by atoms with Gasteiger partial charge < -0.3 is 8.83 Å².